The Labute approximate surface area is 160 Å². The van der Waals surface area contributed by atoms with Gasteiger partial charge in [-0.05, 0) is 24.3 Å². The highest BCUT2D eigenvalue weighted by Crippen LogP contribution is 2.35. The number of benzene rings is 2. The smallest absolute Gasteiger partial charge is 0.259 e. The average Bonchev–Trinajstić information content (AvgIpc) is 3.05. The van der Waals surface area contributed by atoms with E-state index in [1.807, 2.05) is 0 Å². The van der Waals surface area contributed by atoms with Gasteiger partial charge in [0.2, 0.25) is 4.21 Å². The van der Waals surface area contributed by atoms with E-state index in [0.29, 0.717) is 0 Å². The number of nitrogens with one attached hydrogen (secondary N) is 1. The Hall–Kier alpha value is -2.75. The van der Waals surface area contributed by atoms with Gasteiger partial charge in [0.25, 0.3) is 11.8 Å². The van der Waals surface area contributed by atoms with Gasteiger partial charge in [-0.25, -0.2) is 8.78 Å². The second-order valence-electron chi connectivity index (χ2n) is 5.33. The summed E-state index contributed by atoms with van der Waals surface area (Å²) in [4.78, 5) is 24.2. The Morgan fingerprint density at radius 2 is 1.78 bits per heavy atom. The lowest BCUT2D eigenvalue weighted by atomic mass is 10.2. The van der Waals surface area contributed by atoms with Gasteiger partial charge in [-0.3, -0.25) is 9.59 Å². The molecule has 1 aromatic heterocycles. The standard InChI is InChI=1S/C18H12F2N2O3S2/c19-10-4-3-5-11(8-10)27(25)15-9-13(16(21)23)18(26-15)22-17(24)12-6-1-2-7-14(12)20/h1-9H,(H2,21,23)(H,22,24). The number of thiophene rings is 1. The Morgan fingerprint density at radius 3 is 2.44 bits per heavy atom. The predicted octanol–water partition coefficient (Wildman–Crippen LogP) is 3.54. The number of carbonyl (C=O) groups is 2. The normalized spacial score (nSPS) is 11.8. The van der Waals surface area contributed by atoms with E-state index in [-0.39, 0.29) is 25.2 Å². The van der Waals surface area contributed by atoms with E-state index in [4.69, 9.17) is 5.73 Å². The number of hydrogen-bond donors (Lipinski definition) is 2. The molecule has 0 fully saturated rings. The van der Waals surface area contributed by atoms with Gasteiger partial charge < -0.3 is 15.6 Å². The Morgan fingerprint density at radius 1 is 1.04 bits per heavy atom. The molecule has 0 saturated carbocycles. The van der Waals surface area contributed by atoms with Crippen LogP contribution in [-0.2, 0) is 11.2 Å². The summed E-state index contributed by atoms with van der Waals surface area (Å²) in [6, 6.07) is 11.8. The quantitative estimate of drug-likeness (QED) is 0.635. The number of rotatable bonds is 5. The van der Waals surface area contributed by atoms with E-state index >= 15 is 0 Å². The first-order valence-corrected chi connectivity index (χ1v) is 9.50. The van der Waals surface area contributed by atoms with E-state index in [1.54, 1.807) is 0 Å². The summed E-state index contributed by atoms with van der Waals surface area (Å²) in [5.41, 5.74) is 5.04. The molecule has 3 N–H and O–H groups in total. The second-order valence-corrected chi connectivity index (χ2v) is 8.09. The molecule has 0 aliphatic rings. The summed E-state index contributed by atoms with van der Waals surface area (Å²) in [7, 11) is 0. The fraction of sp³-hybridized carbons (Fsp3) is 0. The van der Waals surface area contributed by atoms with Crippen molar-refractivity contribution in [2.75, 3.05) is 5.32 Å². The first-order valence-electron chi connectivity index (χ1n) is 7.53. The van der Waals surface area contributed by atoms with Crippen LogP contribution < -0.4 is 11.1 Å². The van der Waals surface area contributed by atoms with Gasteiger partial charge in [-0.2, -0.15) is 0 Å². The summed E-state index contributed by atoms with van der Waals surface area (Å²) in [5, 5.41) is 2.45. The topological polar surface area (TPSA) is 95.2 Å². The molecule has 138 valence electrons. The molecule has 0 saturated heterocycles. The molecule has 2 amide bonds. The van der Waals surface area contributed by atoms with Crippen molar-refractivity contribution < 1.29 is 22.9 Å². The average molecular weight is 406 g/mol. The minimum absolute atomic E-state index is 0.0375. The van der Waals surface area contributed by atoms with Gasteiger partial charge in [-0.1, -0.05) is 29.5 Å². The van der Waals surface area contributed by atoms with E-state index in [2.05, 4.69) is 5.32 Å². The van der Waals surface area contributed by atoms with Crippen molar-refractivity contribution in [2.24, 2.45) is 5.73 Å². The summed E-state index contributed by atoms with van der Waals surface area (Å²) < 4.78 is 39.9. The molecule has 9 heteroatoms. The van der Waals surface area contributed by atoms with Crippen LogP contribution in [0.1, 0.15) is 20.7 Å². The summed E-state index contributed by atoms with van der Waals surface area (Å²) in [6.45, 7) is 0. The molecule has 1 unspecified atom stereocenters. The number of halogens is 2. The third-order valence-electron chi connectivity index (χ3n) is 3.51. The van der Waals surface area contributed by atoms with E-state index in [9.17, 15) is 22.9 Å². The van der Waals surface area contributed by atoms with Crippen LogP contribution in [0.25, 0.3) is 0 Å². The van der Waals surface area contributed by atoms with Crippen molar-refractivity contribution >= 4 is 39.3 Å². The maximum Gasteiger partial charge on any atom is 0.259 e. The zero-order chi connectivity index (χ0) is 19.6. The number of hydrogen-bond acceptors (Lipinski definition) is 4. The molecule has 0 aliphatic carbocycles. The molecule has 5 nitrogen and oxygen atoms in total. The van der Waals surface area contributed by atoms with Crippen molar-refractivity contribution in [1.82, 2.24) is 0 Å². The first-order chi connectivity index (χ1) is 12.9. The molecule has 3 rings (SSSR count). The van der Waals surface area contributed by atoms with Crippen molar-refractivity contribution in [1.29, 1.82) is 0 Å². The van der Waals surface area contributed by atoms with Crippen LogP contribution in [0.15, 0.2) is 63.7 Å². The number of nitrogens with two attached hydrogens (primary N) is 1. The van der Waals surface area contributed by atoms with E-state index in [0.717, 1.165) is 23.5 Å². The van der Waals surface area contributed by atoms with Gasteiger partial charge in [0.05, 0.1) is 11.1 Å². The van der Waals surface area contributed by atoms with Gasteiger partial charge in [0.15, 0.2) is 4.90 Å². The molecular formula is C18H12F2N2O3S2. The van der Waals surface area contributed by atoms with Gasteiger partial charge >= 0.3 is 0 Å². The van der Waals surface area contributed by atoms with E-state index in [1.165, 1.54) is 42.5 Å². The van der Waals surface area contributed by atoms with Gasteiger partial charge in [-0.15, -0.1) is 0 Å². The molecule has 1 atom stereocenters. The summed E-state index contributed by atoms with van der Waals surface area (Å²) in [5.74, 6) is -2.91. The zero-order valence-corrected chi connectivity index (χ0v) is 15.2. The largest absolute Gasteiger partial charge is 0.606 e. The van der Waals surface area contributed by atoms with Crippen molar-refractivity contribution in [3.8, 4) is 0 Å². The number of primary amides is 1. The molecule has 0 spiro atoms. The molecule has 0 aliphatic heterocycles. The monoisotopic (exact) mass is 406 g/mol. The highest BCUT2D eigenvalue weighted by molar-refractivity contribution is 7.93. The van der Waals surface area contributed by atoms with E-state index < -0.39 is 34.6 Å². The highest BCUT2D eigenvalue weighted by atomic mass is 32.2. The lowest BCUT2D eigenvalue weighted by molar-refractivity contribution is 0.100. The number of anilines is 1. The highest BCUT2D eigenvalue weighted by Gasteiger charge is 2.25. The minimum Gasteiger partial charge on any atom is -0.606 e. The van der Waals surface area contributed by atoms with Crippen LogP contribution >= 0.6 is 11.3 Å². The summed E-state index contributed by atoms with van der Waals surface area (Å²) >= 11 is -0.934. The summed E-state index contributed by atoms with van der Waals surface area (Å²) in [6.07, 6.45) is 0. The minimum atomic E-state index is -1.78. The molecule has 27 heavy (non-hydrogen) atoms. The van der Waals surface area contributed by atoms with Crippen LogP contribution in [0.3, 0.4) is 0 Å². The van der Waals surface area contributed by atoms with Crippen LogP contribution in [0.4, 0.5) is 13.8 Å². The molecule has 0 bridgehead atoms. The molecule has 1 heterocycles. The Kier molecular flexibility index (Phi) is 5.54. The van der Waals surface area contributed by atoms with Crippen LogP contribution in [-0.4, -0.2) is 16.4 Å². The van der Waals surface area contributed by atoms with Crippen LogP contribution in [0.2, 0.25) is 0 Å². The van der Waals surface area contributed by atoms with Crippen molar-refractivity contribution in [3.63, 3.8) is 0 Å². The zero-order valence-electron chi connectivity index (χ0n) is 13.6. The predicted molar refractivity (Wildman–Crippen MR) is 98.3 cm³/mol. The maximum atomic E-state index is 13.8. The van der Waals surface area contributed by atoms with Crippen molar-refractivity contribution in [3.05, 3.63) is 77.4 Å². The third kappa shape index (κ3) is 4.16. The first kappa shape index (κ1) is 19.0. The van der Waals surface area contributed by atoms with Crippen LogP contribution in [0.5, 0.6) is 0 Å². The Bertz CT molecular complexity index is 1020. The molecular weight excluding hydrogens is 394 g/mol. The van der Waals surface area contributed by atoms with Crippen molar-refractivity contribution in [2.45, 2.75) is 9.10 Å². The molecule has 0 radical (unpaired) electrons. The lowest BCUT2D eigenvalue weighted by Gasteiger charge is -2.07. The fourth-order valence-electron chi connectivity index (χ4n) is 2.25. The second kappa shape index (κ2) is 7.87. The third-order valence-corrected chi connectivity index (χ3v) is 6.23. The number of amides is 2. The Balaban J connectivity index is 1.93. The van der Waals surface area contributed by atoms with Crippen LogP contribution in [0, 0.1) is 11.6 Å². The SMILES string of the molecule is NC(=O)c1cc([S+]([O-])c2cccc(F)c2)sc1NC(=O)c1ccccc1F. The van der Waals surface area contributed by atoms with Gasteiger partial charge in [0, 0.05) is 23.3 Å². The molecule has 2 aromatic carbocycles. The lowest BCUT2D eigenvalue weighted by Crippen LogP contribution is -2.17. The van der Waals surface area contributed by atoms with Gasteiger partial charge in [0.1, 0.15) is 16.6 Å². The fourth-order valence-corrected chi connectivity index (χ4v) is 4.76. The maximum absolute atomic E-state index is 13.8. The molecule has 3 aromatic rings. The number of carbonyl (C=O) groups excluding carboxylic acids is 2.